The molecule has 3 rings (SSSR count). The molecule has 1 aromatic rings. The van der Waals surface area contributed by atoms with E-state index in [0.717, 1.165) is 12.8 Å². The Labute approximate surface area is 146 Å². The van der Waals surface area contributed by atoms with Crippen LogP contribution in [0, 0.1) is 5.41 Å². The van der Waals surface area contributed by atoms with Gasteiger partial charge in [-0.15, -0.1) is 0 Å². The van der Waals surface area contributed by atoms with Gasteiger partial charge in [-0.1, -0.05) is 13.8 Å². The maximum atomic E-state index is 13.0. The standard InChI is InChI=1S/C19H25NO5/c1-4-25-18(23)15-16(11-5-7-24-8-6-11)20-12-9-19(2,3)10-13(21)14(12)17(15)22/h11H,4-10H2,1-3H3,(H,20,22). The van der Waals surface area contributed by atoms with Gasteiger partial charge in [0.25, 0.3) is 0 Å². The summed E-state index contributed by atoms with van der Waals surface area (Å²) in [6, 6.07) is 0. The summed E-state index contributed by atoms with van der Waals surface area (Å²) in [5.41, 5.74) is 0.718. The highest BCUT2D eigenvalue weighted by Crippen LogP contribution is 2.35. The summed E-state index contributed by atoms with van der Waals surface area (Å²) in [7, 11) is 0. The number of carbonyl (C=O) groups excluding carboxylic acids is 2. The van der Waals surface area contributed by atoms with E-state index in [1.54, 1.807) is 6.92 Å². The van der Waals surface area contributed by atoms with Crippen LogP contribution < -0.4 is 5.43 Å². The van der Waals surface area contributed by atoms with Crippen LogP contribution in [0.5, 0.6) is 0 Å². The lowest BCUT2D eigenvalue weighted by atomic mass is 9.74. The molecule has 136 valence electrons. The van der Waals surface area contributed by atoms with Crippen molar-refractivity contribution in [1.82, 2.24) is 4.98 Å². The topological polar surface area (TPSA) is 85.5 Å². The van der Waals surface area contributed by atoms with Crippen LogP contribution in [-0.4, -0.2) is 36.6 Å². The second-order valence-corrected chi connectivity index (χ2v) is 7.64. The molecule has 0 amide bonds. The van der Waals surface area contributed by atoms with Crippen LogP contribution in [0.3, 0.4) is 0 Å². The number of esters is 1. The second-order valence-electron chi connectivity index (χ2n) is 7.64. The van der Waals surface area contributed by atoms with Crippen LogP contribution in [0.15, 0.2) is 4.79 Å². The number of aromatic nitrogens is 1. The van der Waals surface area contributed by atoms with Gasteiger partial charge in [-0.05, 0) is 31.6 Å². The van der Waals surface area contributed by atoms with Gasteiger partial charge in [0.2, 0.25) is 5.43 Å². The van der Waals surface area contributed by atoms with E-state index in [0.29, 0.717) is 37.4 Å². The number of fused-ring (bicyclic) bond motifs is 1. The minimum Gasteiger partial charge on any atom is -0.462 e. The molecule has 1 N–H and O–H groups in total. The van der Waals surface area contributed by atoms with Crippen LogP contribution in [0.2, 0.25) is 0 Å². The van der Waals surface area contributed by atoms with E-state index in [9.17, 15) is 14.4 Å². The minimum absolute atomic E-state index is 0.000515. The Balaban J connectivity index is 2.18. The molecule has 0 atom stereocenters. The first-order valence-corrected chi connectivity index (χ1v) is 8.91. The van der Waals surface area contributed by atoms with E-state index in [1.807, 2.05) is 13.8 Å². The predicted octanol–water partition coefficient (Wildman–Crippen LogP) is 2.60. The Bertz CT molecular complexity index is 756. The number of H-pyrrole nitrogens is 1. The van der Waals surface area contributed by atoms with Gasteiger partial charge in [0.15, 0.2) is 5.78 Å². The molecule has 6 heteroatoms. The molecule has 0 aromatic carbocycles. The number of Topliss-reactive ketones (excluding diaryl/α,β-unsaturated/α-hetero) is 1. The van der Waals surface area contributed by atoms with E-state index in [-0.39, 0.29) is 34.8 Å². The molecule has 0 spiro atoms. The molecule has 1 aromatic heterocycles. The van der Waals surface area contributed by atoms with Crippen molar-refractivity contribution in [3.05, 3.63) is 32.7 Å². The lowest BCUT2D eigenvalue weighted by molar-refractivity contribution is 0.0516. The summed E-state index contributed by atoms with van der Waals surface area (Å²) in [5.74, 6) is -0.812. The monoisotopic (exact) mass is 347 g/mol. The predicted molar refractivity (Wildman–Crippen MR) is 92.2 cm³/mol. The van der Waals surface area contributed by atoms with Crippen LogP contribution in [0.1, 0.15) is 78.1 Å². The minimum atomic E-state index is -0.648. The zero-order chi connectivity index (χ0) is 18.2. The fourth-order valence-electron chi connectivity index (χ4n) is 3.86. The Morgan fingerprint density at radius 2 is 1.92 bits per heavy atom. The summed E-state index contributed by atoms with van der Waals surface area (Å²) in [5, 5.41) is 0. The van der Waals surface area contributed by atoms with E-state index in [1.165, 1.54) is 0 Å². The summed E-state index contributed by atoms with van der Waals surface area (Å²) in [6.45, 7) is 7.10. The first-order chi connectivity index (χ1) is 11.8. The average molecular weight is 347 g/mol. The van der Waals surface area contributed by atoms with Gasteiger partial charge in [-0.2, -0.15) is 0 Å². The third-order valence-corrected chi connectivity index (χ3v) is 4.99. The van der Waals surface area contributed by atoms with Gasteiger partial charge < -0.3 is 14.5 Å². The summed E-state index contributed by atoms with van der Waals surface area (Å²) >= 11 is 0. The fraction of sp³-hybridized carbons (Fsp3) is 0.632. The van der Waals surface area contributed by atoms with Gasteiger partial charge >= 0.3 is 5.97 Å². The number of ketones is 1. The fourth-order valence-corrected chi connectivity index (χ4v) is 3.86. The maximum absolute atomic E-state index is 13.0. The van der Waals surface area contributed by atoms with Crippen LogP contribution in [0.4, 0.5) is 0 Å². The number of hydrogen-bond acceptors (Lipinski definition) is 5. The first kappa shape index (κ1) is 17.9. The third-order valence-electron chi connectivity index (χ3n) is 4.99. The van der Waals surface area contributed by atoms with Crippen molar-refractivity contribution in [3.8, 4) is 0 Å². The van der Waals surface area contributed by atoms with Crippen molar-refractivity contribution in [1.29, 1.82) is 0 Å². The van der Waals surface area contributed by atoms with Crippen molar-refractivity contribution in [2.24, 2.45) is 5.41 Å². The van der Waals surface area contributed by atoms with Gasteiger partial charge in [0.1, 0.15) is 5.56 Å². The molecule has 2 aliphatic rings. The van der Waals surface area contributed by atoms with Crippen LogP contribution >= 0.6 is 0 Å². The SMILES string of the molecule is CCOC(=O)c1c(C2CCOCC2)[nH]c2c(c1=O)C(=O)CC(C)(C)C2. The smallest absolute Gasteiger partial charge is 0.343 e. The molecule has 0 radical (unpaired) electrons. The van der Waals surface area contributed by atoms with Crippen molar-refractivity contribution in [3.63, 3.8) is 0 Å². The molecule has 1 saturated heterocycles. The van der Waals surface area contributed by atoms with Gasteiger partial charge in [0, 0.05) is 36.9 Å². The lowest BCUT2D eigenvalue weighted by Crippen LogP contribution is -2.37. The molecular weight excluding hydrogens is 322 g/mol. The molecule has 0 unspecified atom stereocenters. The van der Waals surface area contributed by atoms with Crippen LogP contribution in [0.25, 0.3) is 0 Å². The number of hydrogen-bond donors (Lipinski definition) is 1. The number of nitrogens with one attached hydrogen (secondary N) is 1. The zero-order valence-corrected chi connectivity index (χ0v) is 15.1. The Morgan fingerprint density at radius 3 is 2.56 bits per heavy atom. The van der Waals surface area contributed by atoms with E-state index >= 15 is 0 Å². The number of aromatic amines is 1. The highest BCUT2D eigenvalue weighted by atomic mass is 16.5. The largest absolute Gasteiger partial charge is 0.462 e. The number of pyridine rings is 1. The molecule has 1 aliphatic heterocycles. The van der Waals surface area contributed by atoms with Gasteiger partial charge in [-0.3, -0.25) is 9.59 Å². The molecule has 0 saturated carbocycles. The maximum Gasteiger partial charge on any atom is 0.343 e. The highest BCUT2D eigenvalue weighted by Gasteiger charge is 2.37. The van der Waals surface area contributed by atoms with Crippen molar-refractivity contribution < 1.29 is 19.1 Å². The molecule has 25 heavy (non-hydrogen) atoms. The number of carbonyl (C=O) groups is 2. The molecule has 1 fully saturated rings. The summed E-state index contributed by atoms with van der Waals surface area (Å²) < 4.78 is 10.5. The van der Waals surface area contributed by atoms with Gasteiger partial charge in [0.05, 0.1) is 12.2 Å². The average Bonchev–Trinajstić information content (AvgIpc) is 2.53. The van der Waals surface area contributed by atoms with E-state index in [4.69, 9.17) is 9.47 Å². The Morgan fingerprint density at radius 1 is 1.24 bits per heavy atom. The highest BCUT2D eigenvalue weighted by molar-refractivity contribution is 6.01. The second kappa shape index (κ2) is 6.75. The number of ether oxygens (including phenoxy) is 2. The van der Waals surface area contributed by atoms with E-state index in [2.05, 4.69) is 4.98 Å². The molecule has 6 nitrogen and oxygen atoms in total. The number of rotatable bonds is 3. The molecule has 2 heterocycles. The lowest BCUT2D eigenvalue weighted by Gasteiger charge is -2.31. The zero-order valence-electron chi connectivity index (χ0n) is 15.1. The van der Waals surface area contributed by atoms with Crippen molar-refractivity contribution in [2.45, 2.75) is 52.4 Å². The van der Waals surface area contributed by atoms with Crippen molar-refractivity contribution in [2.75, 3.05) is 19.8 Å². The normalized spacial score (nSPS) is 20.2. The summed E-state index contributed by atoms with van der Waals surface area (Å²) in [6.07, 6.45) is 2.39. The first-order valence-electron chi connectivity index (χ1n) is 8.91. The molecular formula is C19H25NO5. The summed E-state index contributed by atoms with van der Waals surface area (Å²) in [4.78, 5) is 41.3. The quantitative estimate of drug-likeness (QED) is 0.850. The molecule has 0 bridgehead atoms. The third kappa shape index (κ3) is 3.40. The Hall–Kier alpha value is -1.95. The van der Waals surface area contributed by atoms with Gasteiger partial charge in [-0.25, -0.2) is 4.79 Å². The Kier molecular flexibility index (Phi) is 4.82. The van der Waals surface area contributed by atoms with Crippen LogP contribution in [-0.2, 0) is 15.9 Å². The molecule has 1 aliphatic carbocycles. The van der Waals surface area contributed by atoms with E-state index < -0.39 is 11.4 Å². The van der Waals surface area contributed by atoms with Crippen molar-refractivity contribution >= 4 is 11.8 Å².